The molecule has 0 radical (unpaired) electrons. The Hall–Kier alpha value is -3.02. The maximum absolute atomic E-state index is 14.5. The van der Waals surface area contributed by atoms with Gasteiger partial charge in [0.1, 0.15) is 5.82 Å². The topological polar surface area (TPSA) is 55.2 Å². The lowest BCUT2D eigenvalue weighted by Gasteiger charge is -2.13. The zero-order valence-electron chi connectivity index (χ0n) is 14.1. The number of rotatable bonds is 3. The number of aryl methyl sites for hydroxylation is 1. The van der Waals surface area contributed by atoms with Gasteiger partial charge in [0.25, 0.3) is 11.8 Å². The molecule has 2 aliphatic rings. The summed E-state index contributed by atoms with van der Waals surface area (Å²) in [6.45, 7) is 0.326. The summed E-state index contributed by atoms with van der Waals surface area (Å²) in [5, 5.41) is 5.14. The number of hydrogen-bond donors (Lipinski definition) is 0. The Morgan fingerprint density at radius 1 is 1.12 bits per heavy atom. The molecule has 1 saturated carbocycles. The maximum Gasteiger partial charge on any atom is 0.261 e. The van der Waals surface area contributed by atoms with Crippen molar-refractivity contribution in [2.24, 2.45) is 13.0 Å². The van der Waals surface area contributed by atoms with Crippen molar-refractivity contribution in [1.29, 1.82) is 0 Å². The number of nitrogens with zero attached hydrogens (tertiary/aromatic N) is 3. The molecule has 0 saturated heterocycles. The lowest BCUT2D eigenvalue weighted by molar-refractivity contribution is 0.0646. The molecule has 5 rings (SSSR count). The van der Waals surface area contributed by atoms with Gasteiger partial charge in [-0.15, -0.1) is 0 Å². The number of benzene rings is 2. The Bertz CT molecular complexity index is 1050. The second-order valence-corrected chi connectivity index (χ2v) is 7.07. The largest absolute Gasteiger partial charge is 0.275 e. The van der Waals surface area contributed by atoms with Gasteiger partial charge in [-0.3, -0.25) is 19.2 Å². The van der Waals surface area contributed by atoms with E-state index < -0.39 is 0 Å². The molecule has 1 aliphatic carbocycles. The fraction of sp³-hybridized carbons (Fsp3) is 0.250. The van der Waals surface area contributed by atoms with Crippen LogP contribution in [0.2, 0.25) is 0 Å². The molecule has 0 spiro atoms. The van der Waals surface area contributed by atoms with Gasteiger partial charge in [-0.25, -0.2) is 4.39 Å². The van der Waals surface area contributed by atoms with Crippen molar-refractivity contribution >= 4 is 22.7 Å². The van der Waals surface area contributed by atoms with Gasteiger partial charge in [-0.2, -0.15) is 5.10 Å². The van der Waals surface area contributed by atoms with Crippen molar-refractivity contribution in [1.82, 2.24) is 14.7 Å². The first-order valence-corrected chi connectivity index (χ1v) is 8.61. The van der Waals surface area contributed by atoms with Crippen LogP contribution in [0.4, 0.5) is 4.39 Å². The first-order chi connectivity index (χ1) is 12.5. The Morgan fingerprint density at radius 3 is 2.50 bits per heavy atom. The SMILES string of the molecule is Cn1cc2c(C3CC3CN3C(=O)c4ccccc4C3=O)c(F)ccc2n1. The summed E-state index contributed by atoms with van der Waals surface area (Å²) in [6, 6.07) is 9.99. The molecule has 1 aliphatic heterocycles. The van der Waals surface area contributed by atoms with Crippen molar-refractivity contribution in [2.45, 2.75) is 12.3 Å². The van der Waals surface area contributed by atoms with Gasteiger partial charge < -0.3 is 0 Å². The number of fused-ring (bicyclic) bond motifs is 2. The van der Waals surface area contributed by atoms with Gasteiger partial charge in [0.2, 0.25) is 0 Å². The number of carbonyl (C=O) groups is 2. The van der Waals surface area contributed by atoms with Crippen molar-refractivity contribution in [3.63, 3.8) is 0 Å². The highest BCUT2D eigenvalue weighted by atomic mass is 19.1. The van der Waals surface area contributed by atoms with Gasteiger partial charge in [0.05, 0.1) is 16.6 Å². The highest BCUT2D eigenvalue weighted by Crippen LogP contribution is 2.51. The fourth-order valence-corrected chi connectivity index (χ4v) is 4.03. The Kier molecular flexibility index (Phi) is 3.07. The van der Waals surface area contributed by atoms with E-state index in [1.165, 1.54) is 11.0 Å². The molecule has 2 amide bonds. The third-order valence-corrected chi connectivity index (χ3v) is 5.38. The molecule has 2 aromatic carbocycles. The van der Waals surface area contributed by atoms with Crippen LogP contribution in [0.3, 0.4) is 0 Å². The second-order valence-electron chi connectivity index (χ2n) is 7.07. The van der Waals surface area contributed by atoms with Crippen LogP contribution in [0.1, 0.15) is 38.6 Å². The number of carbonyl (C=O) groups excluding carboxylic acids is 2. The van der Waals surface area contributed by atoms with Crippen molar-refractivity contribution < 1.29 is 14.0 Å². The molecule has 1 fully saturated rings. The van der Waals surface area contributed by atoms with Gasteiger partial charge in [-0.1, -0.05) is 12.1 Å². The van der Waals surface area contributed by atoms with Crippen LogP contribution in [0.15, 0.2) is 42.6 Å². The van der Waals surface area contributed by atoms with Crippen LogP contribution < -0.4 is 0 Å². The molecule has 5 nitrogen and oxygen atoms in total. The predicted octanol–water partition coefficient (Wildman–Crippen LogP) is 3.11. The number of imide groups is 1. The quantitative estimate of drug-likeness (QED) is 0.683. The molecule has 6 heteroatoms. The van der Waals surface area contributed by atoms with Gasteiger partial charge in [0.15, 0.2) is 0 Å². The average Bonchev–Trinajstić information content (AvgIpc) is 3.21. The highest BCUT2D eigenvalue weighted by molar-refractivity contribution is 6.21. The van der Waals surface area contributed by atoms with Gasteiger partial charge >= 0.3 is 0 Å². The van der Waals surface area contributed by atoms with Crippen LogP contribution >= 0.6 is 0 Å². The minimum atomic E-state index is -0.253. The lowest BCUT2D eigenvalue weighted by atomic mass is 10.0. The zero-order chi connectivity index (χ0) is 18.0. The summed E-state index contributed by atoms with van der Waals surface area (Å²) < 4.78 is 16.2. The summed E-state index contributed by atoms with van der Waals surface area (Å²) in [6.07, 6.45) is 2.59. The Balaban J connectivity index is 1.42. The monoisotopic (exact) mass is 349 g/mol. The molecule has 2 heterocycles. The molecule has 0 bridgehead atoms. The van der Waals surface area contributed by atoms with Gasteiger partial charge in [0, 0.05) is 30.7 Å². The van der Waals surface area contributed by atoms with E-state index in [0.29, 0.717) is 23.2 Å². The fourth-order valence-electron chi connectivity index (χ4n) is 4.03. The summed E-state index contributed by atoms with van der Waals surface area (Å²) in [5.41, 5.74) is 2.32. The Labute approximate surface area is 149 Å². The molecule has 0 N–H and O–H groups in total. The van der Waals surface area contributed by atoms with E-state index in [0.717, 1.165) is 17.3 Å². The molecular formula is C20H16FN3O2. The van der Waals surface area contributed by atoms with E-state index in [2.05, 4.69) is 5.10 Å². The normalized spacial score (nSPS) is 21.5. The van der Waals surface area contributed by atoms with Crippen LogP contribution in [0, 0.1) is 11.7 Å². The minimum absolute atomic E-state index is 0.00668. The lowest BCUT2D eigenvalue weighted by Crippen LogP contribution is -2.32. The number of hydrogen-bond acceptors (Lipinski definition) is 3. The average molecular weight is 349 g/mol. The van der Waals surface area contributed by atoms with E-state index in [1.807, 2.05) is 13.2 Å². The van der Waals surface area contributed by atoms with E-state index in [1.54, 1.807) is 35.0 Å². The predicted molar refractivity (Wildman–Crippen MR) is 93.3 cm³/mol. The summed E-state index contributed by atoms with van der Waals surface area (Å²) >= 11 is 0. The third kappa shape index (κ3) is 2.11. The van der Waals surface area contributed by atoms with Crippen LogP contribution in [0.5, 0.6) is 0 Å². The smallest absolute Gasteiger partial charge is 0.261 e. The maximum atomic E-state index is 14.5. The van der Waals surface area contributed by atoms with Crippen molar-refractivity contribution in [2.75, 3.05) is 6.54 Å². The van der Waals surface area contributed by atoms with Crippen LogP contribution in [-0.4, -0.2) is 33.0 Å². The van der Waals surface area contributed by atoms with Gasteiger partial charge in [-0.05, 0) is 42.5 Å². The molecule has 130 valence electrons. The molecule has 2 atom stereocenters. The van der Waals surface area contributed by atoms with E-state index in [4.69, 9.17) is 0 Å². The van der Waals surface area contributed by atoms with Crippen molar-refractivity contribution in [3.8, 4) is 0 Å². The number of amides is 2. The van der Waals surface area contributed by atoms with Crippen LogP contribution in [0.25, 0.3) is 10.9 Å². The number of aromatic nitrogens is 2. The number of halogens is 1. The summed E-state index contributed by atoms with van der Waals surface area (Å²) in [5.74, 6) is -0.669. The van der Waals surface area contributed by atoms with Crippen LogP contribution in [-0.2, 0) is 7.05 Å². The third-order valence-electron chi connectivity index (χ3n) is 5.38. The first-order valence-electron chi connectivity index (χ1n) is 8.61. The van der Waals surface area contributed by atoms with E-state index in [-0.39, 0.29) is 29.5 Å². The minimum Gasteiger partial charge on any atom is -0.275 e. The molecule has 3 aromatic rings. The van der Waals surface area contributed by atoms with E-state index >= 15 is 0 Å². The standard InChI is InChI=1S/C20H16FN3O2/c1-23-10-15-17(22-23)7-6-16(21)18(15)14-8-11(14)9-24-19(25)12-4-2-3-5-13(12)20(24)26/h2-7,10-11,14H,8-9H2,1H3. The summed E-state index contributed by atoms with van der Waals surface area (Å²) in [7, 11) is 1.81. The van der Waals surface area contributed by atoms with E-state index in [9.17, 15) is 14.0 Å². The second kappa shape index (κ2) is 5.24. The zero-order valence-corrected chi connectivity index (χ0v) is 14.1. The summed E-state index contributed by atoms with van der Waals surface area (Å²) in [4.78, 5) is 26.3. The highest BCUT2D eigenvalue weighted by Gasteiger charge is 2.46. The molecular weight excluding hydrogens is 333 g/mol. The molecule has 26 heavy (non-hydrogen) atoms. The van der Waals surface area contributed by atoms with Crippen molar-refractivity contribution in [3.05, 3.63) is 65.1 Å². The first kappa shape index (κ1) is 15.3. The molecule has 2 unspecified atom stereocenters. The Morgan fingerprint density at radius 2 is 1.81 bits per heavy atom. The molecule has 1 aromatic heterocycles.